The molecular formula is C20H21Cl2NO2S. The smallest absolute Gasteiger partial charge is 0.180 e. The number of hydrogen-bond acceptors (Lipinski definition) is 3. The van der Waals surface area contributed by atoms with Gasteiger partial charge < -0.3 is 14.4 Å². The minimum atomic E-state index is 0.382. The lowest BCUT2D eigenvalue weighted by Gasteiger charge is -2.21. The lowest BCUT2D eigenvalue weighted by atomic mass is 10.1. The van der Waals surface area contributed by atoms with E-state index >= 15 is 0 Å². The van der Waals surface area contributed by atoms with Gasteiger partial charge in [0.05, 0.1) is 11.6 Å². The largest absolute Gasteiger partial charge is 0.490 e. The average Bonchev–Trinajstić information content (AvgIpc) is 3.16. The molecule has 3 rings (SSSR count). The first-order valence-electron chi connectivity index (χ1n) is 8.71. The number of hydrogen-bond donors (Lipinski definition) is 0. The number of benzene rings is 2. The standard InChI is InChI=1S/C20H21Cl2NO2S/c1-2-24-18-12-15(20(26)23-9-3-4-10-23)11-17(22)19(18)25-13-14-5-7-16(21)8-6-14/h5-8,11-12H,2-4,9-10,13H2,1H3. The Morgan fingerprint density at radius 3 is 2.42 bits per heavy atom. The number of thiocarbonyl (C=S) groups is 1. The fourth-order valence-corrected chi connectivity index (χ4v) is 3.63. The van der Waals surface area contributed by atoms with Crippen molar-refractivity contribution in [1.29, 1.82) is 0 Å². The molecule has 1 fully saturated rings. The highest BCUT2D eigenvalue weighted by molar-refractivity contribution is 7.80. The van der Waals surface area contributed by atoms with Gasteiger partial charge in [0.2, 0.25) is 0 Å². The zero-order chi connectivity index (χ0) is 18.5. The fourth-order valence-electron chi connectivity index (χ4n) is 2.93. The maximum absolute atomic E-state index is 6.51. The molecule has 0 saturated carbocycles. The van der Waals surface area contributed by atoms with Crippen molar-refractivity contribution >= 4 is 40.4 Å². The van der Waals surface area contributed by atoms with Gasteiger partial charge in [-0.2, -0.15) is 0 Å². The SMILES string of the molecule is CCOc1cc(C(=S)N2CCCC2)cc(Cl)c1OCc1ccc(Cl)cc1. The van der Waals surface area contributed by atoms with Crippen LogP contribution in [-0.4, -0.2) is 29.6 Å². The molecule has 6 heteroatoms. The van der Waals surface area contributed by atoms with Crippen LogP contribution in [0.1, 0.15) is 30.9 Å². The highest BCUT2D eigenvalue weighted by Gasteiger charge is 2.20. The van der Waals surface area contributed by atoms with Crippen LogP contribution in [0.3, 0.4) is 0 Å². The molecule has 0 atom stereocenters. The summed E-state index contributed by atoms with van der Waals surface area (Å²) in [5, 5.41) is 1.20. The van der Waals surface area contributed by atoms with Crippen LogP contribution >= 0.6 is 35.4 Å². The lowest BCUT2D eigenvalue weighted by molar-refractivity contribution is 0.269. The van der Waals surface area contributed by atoms with Crippen LogP contribution in [0, 0.1) is 0 Å². The summed E-state index contributed by atoms with van der Waals surface area (Å²) in [6.07, 6.45) is 2.35. The Balaban J connectivity index is 1.81. The Kier molecular flexibility index (Phi) is 6.63. The van der Waals surface area contributed by atoms with Crippen molar-refractivity contribution in [3.8, 4) is 11.5 Å². The summed E-state index contributed by atoms with van der Waals surface area (Å²) in [5.74, 6) is 1.15. The van der Waals surface area contributed by atoms with E-state index in [2.05, 4.69) is 4.90 Å². The second-order valence-electron chi connectivity index (χ2n) is 6.13. The van der Waals surface area contributed by atoms with Crippen LogP contribution < -0.4 is 9.47 Å². The molecular weight excluding hydrogens is 389 g/mol. The third kappa shape index (κ3) is 4.61. The highest BCUT2D eigenvalue weighted by Crippen LogP contribution is 2.38. The molecule has 0 unspecified atom stereocenters. The summed E-state index contributed by atoms with van der Waals surface area (Å²) < 4.78 is 11.7. The molecule has 0 radical (unpaired) electrons. The van der Waals surface area contributed by atoms with Crippen molar-refractivity contribution in [2.45, 2.75) is 26.4 Å². The van der Waals surface area contributed by atoms with Gasteiger partial charge in [-0.15, -0.1) is 0 Å². The van der Waals surface area contributed by atoms with E-state index in [1.165, 1.54) is 12.8 Å². The third-order valence-electron chi connectivity index (χ3n) is 4.25. The molecule has 1 aliphatic heterocycles. The van der Waals surface area contributed by atoms with Gasteiger partial charge >= 0.3 is 0 Å². The van der Waals surface area contributed by atoms with Crippen LogP contribution in [0.4, 0.5) is 0 Å². The zero-order valence-electron chi connectivity index (χ0n) is 14.6. The average molecular weight is 410 g/mol. The first-order valence-corrected chi connectivity index (χ1v) is 9.87. The first kappa shape index (κ1) is 19.3. The molecule has 0 spiro atoms. The fraction of sp³-hybridized carbons (Fsp3) is 0.350. The summed E-state index contributed by atoms with van der Waals surface area (Å²) >= 11 is 18.1. The monoisotopic (exact) mass is 409 g/mol. The van der Waals surface area contributed by atoms with E-state index in [-0.39, 0.29) is 0 Å². The van der Waals surface area contributed by atoms with Crippen LogP contribution in [0.2, 0.25) is 10.0 Å². The molecule has 1 saturated heterocycles. The Labute approximate surface area is 169 Å². The molecule has 1 aliphatic rings. The van der Waals surface area contributed by atoms with Gasteiger partial charge in [-0.05, 0) is 49.6 Å². The highest BCUT2D eigenvalue weighted by atomic mass is 35.5. The van der Waals surface area contributed by atoms with Gasteiger partial charge in [0, 0.05) is 23.7 Å². The molecule has 2 aromatic rings. The van der Waals surface area contributed by atoms with Gasteiger partial charge in [0.1, 0.15) is 11.6 Å². The minimum Gasteiger partial charge on any atom is -0.490 e. The number of nitrogens with zero attached hydrogens (tertiary/aromatic N) is 1. The normalized spacial score (nSPS) is 13.7. The molecule has 0 aromatic heterocycles. The van der Waals surface area contributed by atoms with Gasteiger partial charge in [0.25, 0.3) is 0 Å². The number of rotatable bonds is 6. The molecule has 3 nitrogen and oxygen atoms in total. The second-order valence-corrected chi connectivity index (χ2v) is 7.36. The molecule has 138 valence electrons. The Hall–Kier alpha value is -1.49. The van der Waals surface area contributed by atoms with E-state index in [0.29, 0.717) is 34.8 Å². The number of ether oxygens (including phenoxy) is 2. The molecule has 1 heterocycles. The quantitative estimate of drug-likeness (QED) is 0.566. The second kappa shape index (κ2) is 8.94. The summed E-state index contributed by atoms with van der Waals surface area (Å²) in [6, 6.07) is 11.3. The van der Waals surface area contributed by atoms with E-state index in [4.69, 9.17) is 44.9 Å². The molecule has 2 aromatic carbocycles. The van der Waals surface area contributed by atoms with Crippen LogP contribution in [0.5, 0.6) is 11.5 Å². The van der Waals surface area contributed by atoms with Crippen molar-refractivity contribution in [2.24, 2.45) is 0 Å². The molecule has 0 aliphatic carbocycles. The van der Waals surface area contributed by atoms with Gasteiger partial charge in [-0.3, -0.25) is 0 Å². The topological polar surface area (TPSA) is 21.7 Å². The zero-order valence-corrected chi connectivity index (χ0v) is 17.0. The third-order valence-corrected chi connectivity index (χ3v) is 5.27. The summed E-state index contributed by atoms with van der Waals surface area (Å²) in [6.45, 7) is 4.83. The predicted molar refractivity (Wildman–Crippen MR) is 111 cm³/mol. The van der Waals surface area contributed by atoms with E-state index < -0.39 is 0 Å². The Morgan fingerprint density at radius 1 is 1.08 bits per heavy atom. The van der Waals surface area contributed by atoms with Crippen molar-refractivity contribution in [2.75, 3.05) is 19.7 Å². The summed E-state index contributed by atoms with van der Waals surface area (Å²) in [7, 11) is 0. The molecule has 0 amide bonds. The predicted octanol–water partition coefficient (Wildman–Crippen LogP) is 5.74. The van der Waals surface area contributed by atoms with E-state index in [1.807, 2.05) is 43.3 Å². The van der Waals surface area contributed by atoms with Crippen LogP contribution in [0.25, 0.3) is 0 Å². The number of halogens is 2. The maximum atomic E-state index is 6.51. The van der Waals surface area contributed by atoms with Crippen molar-refractivity contribution in [3.63, 3.8) is 0 Å². The first-order chi connectivity index (χ1) is 12.6. The summed E-state index contributed by atoms with van der Waals surface area (Å²) in [4.78, 5) is 3.03. The molecule has 0 N–H and O–H groups in total. The van der Waals surface area contributed by atoms with E-state index in [9.17, 15) is 0 Å². The van der Waals surface area contributed by atoms with Crippen LogP contribution in [-0.2, 0) is 6.61 Å². The van der Waals surface area contributed by atoms with E-state index in [1.54, 1.807) is 0 Å². The van der Waals surface area contributed by atoms with Crippen molar-refractivity contribution < 1.29 is 9.47 Å². The number of likely N-dealkylation sites (tertiary alicyclic amines) is 1. The van der Waals surface area contributed by atoms with Gasteiger partial charge in [-0.1, -0.05) is 47.6 Å². The summed E-state index contributed by atoms with van der Waals surface area (Å²) in [5.41, 5.74) is 1.90. The Morgan fingerprint density at radius 2 is 1.77 bits per heavy atom. The van der Waals surface area contributed by atoms with Crippen molar-refractivity contribution in [3.05, 3.63) is 57.6 Å². The van der Waals surface area contributed by atoms with Gasteiger partial charge in [-0.25, -0.2) is 0 Å². The minimum absolute atomic E-state index is 0.382. The van der Waals surface area contributed by atoms with Crippen molar-refractivity contribution in [1.82, 2.24) is 4.90 Å². The Bertz CT molecular complexity index is 774. The molecule has 0 bridgehead atoms. The van der Waals surface area contributed by atoms with Gasteiger partial charge in [0.15, 0.2) is 11.5 Å². The molecule has 26 heavy (non-hydrogen) atoms. The maximum Gasteiger partial charge on any atom is 0.180 e. The van der Waals surface area contributed by atoms with E-state index in [0.717, 1.165) is 29.2 Å². The van der Waals surface area contributed by atoms with Crippen LogP contribution in [0.15, 0.2) is 36.4 Å². The lowest BCUT2D eigenvalue weighted by Crippen LogP contribution is -2.26.